The van der Waals surface area contributed by atoms with Gasteiger partial charge in [0.25, 0.3) is 5.91 Å². The lowest BCUT2D eigenvalue weighted by Crippen LogP contribution is -2.49. The van der Waals surface area contributed by atoms with Crippen molar-refractivity contribution >= 4 is 5.91 Å². The maximum Gasteiger partial charge on any atom is 0.276 e. The summed E-state index contributed by atoms with van der Waals surface area (Å²) in [5, 5.41) is 28.0. The third kappa shape index (κ3) is 7.30. The van der Waals surface area contributed by atoms with Gasteiger partial charge in [-0.25, -0.2) is 13.8 Å². The SMILES string of the molecule is CCc1cccc(CNC[C@H](O)[C@H](Cc2cc(F)cc(F)c2)NC(=O)c2c[n+]([O-])ccn2)c1. The van der Waals surface area contributed by atoms with Crippen molar-refractivity contribution in [3.63, 3.8) is 0 Å². The Morgan fingerprint density at radius 3 is 2.58 bits per heavy atom. The first kappa shape index (κ1) is 24.2. The molecule has 1 amide bonds. The lowest BCUT2D eigenvalue weighted by molar-refractivity contribution is -0.606. The van der Waals surface area contributed by atoms with E-state index in [9.17, 15) is 23.9 Å². The molecule has 2 atom stereocenters. The lowest BCUT2D eigenvalue weighted by atomic mass is 10.00. The fourth-order valence-corrected chi connectivity index (χ4v) is 3.47. The molecule has 0 spiro atoms. The van der Waals surface area contributed by atoms with Crippen molar-refractivity contribution in [2.24, 2.45) is 0 Å². The molecule has 0 unspecified atom stereocenters. The van der Waals surface area contributed by atoms with Gasteiger partial charge >= 0.3 is 0 Å². The van der Waals surface area contributed by atoms with E-state index in [1.807, 2.05) is 18.2 Å². The molecular weight excluding hydrogens is 430 g/mol. The fraction of sp³-hybridized carbons (Fsp3) is 0.292. The Morgan fingerprint density at radius 1 is 1.15 bits per heavy atom. The Hall–Kier alpha value is -3.43. The molecule has 0 aliphatic heterocycles. The number of nitrogens with zero attached hydrogens (tertiary/aromatic N) is 2. The normalized spacial score (nSPS) is 12.8. The van der Waals surface area contributed by atoms with Crippen molar-refractivity contribution in [1.82, 2.24) is 15.6 Å². The number of hydrogen-bond acceptors (Lipinski definition) is 5. The Bertz CT molecular complexity index is 1080. The van der Waals surface area contributed by atoms with Crippen LogP contribution in [0.4, 0.5) is 8.78 Å². The number of carbonyl (C=O) groups excluding carboxylic acids is 1. The van der Waals surface area contributed by atoms with E-state index in [4.69, 9.17) is 0 Å². The molecule has 0 radical (unpaired) electrons. The second-order valence-corrected chi connectivity index (χ2v) is 7.73. The Balaban J connectivity index is 1.70. The van der Waals surface area contributed by atoms with Crippen molar-refractivity contribution < 1.29 is 23.4 Å². The van der Waals surface area contributed by atoms with Crippen LogP contribution in [-0.2, 0) is 19.4 Å². The molecule has 1 aromatic heterocycles. The Kier molecular flexibility index (Phi) is 8.39. The molecule has 0 saturated carbocycles. The number of aliphatic hydroxyl groups is 1. The minimum atomic E-state index is -1.09. The summed E-state index contributed by atoms with van der Waals surface area (Å²) < 4.78 is 27.7. The largest absolute Gasteiger partial charge is 0.619 e. The third-order valence-corrected chi connectivity index (χ3v) is 5.15. The van der Waals surface area contributed by atoms with Crippen LogP contribution in [0.5, 0.6) is 0 Å². The van der Waals surface area contributed by atoms with Crippen LogP contribution in [0.25, 0.3) is 0 Å². The van der Waals surface area contributed by atoms with Gasteiger partial charge in [-0.2, -0.15) is 4.73 Å². The van der Waals surface area contributed by atoms with Gasteiger partial charge in [-0.1, -0.05) is 31.2 Å². The van der Waals surface area contributed by atoms with Crippen LogP contribution in [0.1, 0.15) is 34.1 Å². The van der Waals surface area contributed by atoms with E-state index in [-0.39, 0.29) is 24.2 Å². The summed E-state index contributed by atoms with van der Waals surface area (Å²) in [6.07, 6.45) is 3.11. The number of hydrogen-bond donors (Lipinski definition) is 3. The minimum Gasteiger partial charge on any atom is -0.619 e. The van der Waals surface area contributed by atoms with Gasteiger partial charge in [0.1, 0.15) is 11.6 Å². The molecule has 3 rings (SSSR count). The summed E-state index contributed by atoms with van der Waals surface area (Å²) in [7, 11) is 0. The Labute approximate surface area is 190 Å². The zero-order valence-electron chi connectivity index (χ0n) is 18.2. The number of aryl methyl sites for hydroxylation is 1. The van der Waals surface area contributed by atoms with E-state index < -0.39 is 29.7 Å². The standard InChI is InChI=1S/C24H26F2N4O3/c1-2-16-4-3-5-17(8-16)13-27-14-23(31)21(11-18-9-19(25)12-20(26)10-18)29-24(32)22-15-30(33)7-6-28-22/h3-10,12,15,21,23,27,31H,2,11,13-14H2,1H3,(H,29,32)/t21-,23-/m0/s1. The van der Waals surface area contributed by atoms with Crippen LogP contribution < -0.4 is 15.4 Å². The monoisotopic (exact) mass is 456 g/mol. The first-order valence-electron chi connectivity index (χ1n) is 10.6. The van der Waals surface area contributed by atoms with Crippen LogP contribution >= 0.6 is 0 Å². The number of aromatic nitrogens is 2. The smallest absolute Gasteiger partial charge is 0.276 e. The van der Waals surface area contributed by atoms with Gasteiger partial charge in [0.2, 0.25) is 6.20 Å². The van der Waals surface area contributed by atoms with Crippen LogP contribution in [0.2, 0.25) is 0 Å². The van der Waals surface area contributed by atoms with E-state index in [0.717, 1.165) is 42.6 Å². The second-order valence-electron chi connectivity index (χ2n) is 7.73. The van der Waals surface area contributed by atoms with E-state index in [2.05, 4.69) is 28.6 Å². The summed E-state index contributed by atoms with van der Waals surface area (Å²) in [6, 6.07) is 10.2. The molecule has 3 N–H and O–H groups in total. The number of amides is 1. The van der Waals surface area contributed by atoms with Crippen molar-refractivity contribution in [3.8, 4) is 0 Å². The third-order valence-electron chi connectivity index (χ3n) is 5.15. The van der Waals surface area contributed by atoms with Gasteiger partial charge in [0.15, 0.2) is 11.9 Å². The van der Waals surface area contributed by atoms with Crippen LogP contribution in [-0.4, -0.2) is 34.7 Å². The van der Waals surface area contributed by atoms with Gasteiger partial charge in [-0.05, 0) is 41.7 Å². The predicted octanol–water partition coefficient (Wildman–Crippen LogP) is 2.05. The highest BCUT2D eigenvalue weighted by molar-refractivity contribution is 5.91. The number of benzene rings is 2. The summed E-state index contributed by atoms with van der Waals surface area (Å²) in [5.74, 6) is -2.19. The number of aliphatic hydroxyl groups excluding tert-OH is 1. The second kappa shape index (κ2) is 11.4. The topological polar surface area (TPSA) is 101 Å². The van der Waals surface area contributed by atoms with Crippen LogP contribution in [0.3, 0.4) is 0 Å². The number of halogens is 2. The fourth-order valence-electron chi connectivity index (χ4n) is 3.47. The molecule has 1 heterocycles. The minimum absolute atomic E-state index is 0.0290. The molecule has 0 saturated heterocycles. The number of rotatable bonds is 10. The first-order valence-corrected chi connectivity index (χ1v) is 10.6. The molecule has 2 aromatic carbocycles. The summed E-state index contributed by atoms with van der Waals surface area (Å²) >= 11 is 0. The van der Waals surface area contributed by atoms with E-state index >= 15 is 0 Å². The highest BCUT2D eigenvalue weighted by atomic mass is 19.1. The van der Waals surface area contributed by atoms with E-state index in [0.29, 0.717) is 11.3 Å². The zero-order chi connectivity index (χ0) is 23.8. The Morgan fingerprint density at radius 2 is 1.88 bits per heavy atom. The van der Waals surface area contributed by atoms with Crippen LogP contribution in [0, 0.1) is 16.8 Å². The molecule has 0 aliphatic rings. The summed E-state index contributed by atoms with van der Waals surface area (Å²) in [4.78, 5) is 16.5. The molecule has 0 fully saturated rings. The molecule has 3 aromatic rings. The van der Waals surface area contributed by atoms with Crippen molar-refractivity contribution in [3.05, 3.63) is 100 Å². The summed E-state index contributed by atoms with van der Waals surface area (Å²) in [6.45, 7) is 2.67. The van der Waals surface area contributed by atoms with Crippen LogP contribution in [0.15, 0.2) is 61.1 Å². The molecule has 9 heteroatoms. The number of carbonyl (C=O) groups is 1. The highest BCUT2D eigenvalue weighted by Gasteiger charge is 2.24. The molecule has 33 heavy (non-hydrogen) atoms. The average Bonchev–Trinajstić information content (AvgIpc) is 2.78. The highest BCUT2D eigenvalue weighted by Crippen LogP contribution is 2.13. The molecule has 0 aliphatic carbocycles. The van der Waals surface area contributed by atoms with Gasteiger partial charge < -0.3 is 20.9 Å². The first-order chi connectivity index (χ1) is 15.8. The van der Waals surface area contributed by atoms with Crippen molar-refractivity contribution in [2.75, 3.05) is 6.54 Å². The van der Waals surface area contributed by atoms with Crippen molar-refractivity contribution in [2.45, 2.75) is 38.5 Å². The van der Waals surface area contributed by atoms with Crippen molar-refractivity contribution in [1.29, 1.82) is 0 Å². The summed E-state index contributed by atoms with van der Waals surface area (Å²) in [5.41, 5.74) is 2.37. The maximum absolute atomic E-state index is 13.7. The maximum atomic E-state index is 13.7. The zero-order valence-corrected chi connectivity index (χ0v) is 18.2. The number of nitrogens with one attached hydrogen (secondary N) is 2. The quantitative estimate of drug-likeness (QED) is 0.320. The molecular formula is C24H26F2N4O3. The molecule has 174 valence electrons. The van der Waals surface area contributed by atoms with E-state index in [1.54, 1.807) is 0 Å². The average molecular weight is 456 g/mol. The van der Waals surface area contributed by atoms with Gasteiger partial charge in [0, 0.05) is 19.2 Å². The molecule has 7 nitrogen and oxygen atoms in total. The van der Waals surface area contributed by atoms with Gasteiger partial charge in [-0.15, -0.1) is 0 Å². The van der Waals surface area contributed by atoms with Gasteiger partial charge in [-0.3, -0.25) is 4.79 Å². The van der Waals surface area contributed by atoms with E-state index in [1.165, 1.54) is 11.8 Å². The predicted molar refractivity (Wildman–Crippen MR) is 118 cm³/mol. The van der Waals surface area contributed by atoms with Gasteiger partial charge in [0.05, 0.1) is 18.3 Å². The lowest BCUT2D eigenvalue weighted by Gasteiger charge is -2.24. The molecule has 0 bridgehead atoms.